The second-order valence-corrected chi connectivity index (χ2v) is 6.08. The molecule has 1 unspecified atom stereocenters. The molecule has 1 aromatic carbocycles. The smallest absolute Gasteiger partial charge is 0.317 e. The largest absolute Gasteiger partial charge is 0.472 e. The molecule has 2 amide bonds. The molecule has 2 aromatic rings. The van der Waals surface area contributed by atoms with Crippen molar-refractivity contribution in [3.63, 3.8) is 0 Å². The standard InChI is InChI=1S/C16H16Cl2N2O3/c17-13-2-1-12(7-14(13)18)15-9-20(4-6-23-15)16(21)19-8-11-3-5-22-10-11/h1-3,5,7,10,15H,4,6,8-9H2,(H,19,21). The van der Waals surface area contributed by atoms with Crippen molar-refractivity contribution in [2.75, 3.05) is 19.7 Å². The van der Waals surface area contributed by atoms with Gasteiger partial charge in [0.2, 0.25) is 0 Å². The van der Waals surface area contributed by atoms with Crippen LogP contribution >= 0.6 is 23.2 Å². The molecule has 1 atom stereocenters. The van der Waals surface area contributed by atoms with E-state index in [2.05, 4.69) is 5.32 Å². The third kappa shape index (κ3) is 3.99. The first-order valence-corrected chi connectivity index (χ1v) is 7.99. The van der Waals surface area contributed by atoms with Crippen molar-refractivity contribution in [2.24, 2.45) is 0 Å². The summed E-state index contributed by atoms with van der Waals surface area (Å²) in [6.07, 6.45) is 2.98. The maximum Gasteiger partial charge on any atom is 0.317 e. The molecule has 7 heteroatoms. The molecular formula is C16H16Cl2N2O3. The number of benzene rings is 1. The highest BCUT2D eigenvalue weighted by Crippen LogP contribution is 2.29. The lowest BCUT2D eigenvalue weighted by atomic mass is 10.1. The lowest BCUT2D eigenvalue weighted by Gasteiger charge is -2.33. The van der Waals surface area contributed by atoms with Gasteiger partial charge in [-0.25, -0.2) is 4.79 Å². The van der Waals surface area contributed by atoms with Crippen LogP contribution in [0.15, 0.2) is 41.2 Å². The van der Waals surface area contributed by atoms with Gasteiger partial charge in [-0.15, -0.1) is 0 Å². The lowest BCUT2D eigenvalue weighted by Crippen LogP contribution is -2.46. The Balaban J connectivity index is 1.60. The summed E-state index contributed by atoms with van der Waals surface area (Å²) in [6.45, 7) is 1.93. The van der Waals surface area contributed by atoms with Gasteiger partial charge in [0.1, 0.15) is 6.10 Å². The summed E-state index contributed by atoms with van der Waals surface area (Å²) in [5, 5.41) is 3.85. The van der Waals surface area contributed by atoms with Crippen molar-refractivity contribution >= 4 is 29.2 Å². The van der Waals surface area contributed by atoms with Gasteiger partial charge in [-0.05, 0) is 23.8 Å². The molecule has 5 nitrogen and oxygen atoms in total. The van der Waals surface area contributed by atoms with Crippen LogP contribution in [0, 0.1) is 0 Å². The highest BCUT2D eigenvalue weighted by atomic mass is 35.5. The van der Waals surface area contributed by atoms with Crippen LogP contribution < -0.4 is 5.32 Å². The Bertz CT molecular complexity index is 676. The van der Waals surface area contributed by atoms with Gasteiger partial charge in [-0.3, -0.25) is 0 Å². The Morgan fingerprint density at radius 1 is 1.30 bits per heavy atom. The Hall–Kier alpha value is -1.69. The molecule has 1 N–H and O–H groups in total. The summed E-state index contributed by atoms with van der Waals surface area (Å²) in [5.41, 5.74) is 1.83. The average molecular weight is 355 g/mol. The molecular weight excluding hydrogens is 339 g/mol. The zero-order valence-electron chi connectivity index (χ0n) is 12.3. The summed E-state index contributed by atoms with van der Waals surface area (Å²) in [4.78, 5) is 14.0. The molecule has 0 aliphatic carbocycles. The topological polar surface area (TPSA) is 54.7 Å². The number of nitrogens with zero attached hydrogens (tertiary/aromatic N) is 1. The summed E-state index contributed by atoms with van der Waals surface area (Å²) < 4.78 is 10.7. The van der Waals surface area contributed by atoms with Crippen molar-refractivity contribution in [1.82, 2.24) is 10.2 Å². The Kier molecular flexibility index (Phi) is 5.10. The van der Waals surface area contributed by atoms with Gasteiger partial charge in [0.25, 0.3) is 0 Å². The monoisotopic (exact) mass is 354 g/mol. The van der Waals surface area contributed by atoms with Gasteiger partial charge in [0.05, 0.1) is 35.7 Å². The molecule has 1 fully saturated rings. The molecule has 0 spiro atoms. The second kappa shape index (κ2) is 7.25. The highest BCUT2D eigenvalue weighted by molar-refractivity contribution is 6.42. The molecule has 2 heterocycles. The first-order valence-electron chi connectivity index (χ1n) is 7.24. The number of carbonyl (C=O) groups excluding carboxylic acids is 1. The van der Waals surface area contributed by atoms with Crippen molar-refractivity contribution in [2.45, 2.75) is 12.6 Å². The Morgan fingerprint density at radius 3 is 2.91 bits per heavy atom. The summed E-state index contributed by atoms with van der Waals surface area (Å²) in [5.74, 6) is 0. The SMILES string of the molecule is O=C(NCc1ccoc1)N1CCOC(c2ccc(Cl)c(Cl)c2)C1. The normalized spacial score (nSPS) is 18.0. The van der Waals surface area contributed by atoms with Crippen LogP contribution in [0.3, 0.4) is 0 Å². The first kappa shape index (κ1) is 16.2. The minimum atomic E-state index is -0.210. The van der Waals surface area contributed by atoms with E-state index in [0.29, 0.717) is 36.3 Å². The summed E-state index contributed by atoms with van der Waals surface area (Å²) in [6, 6.07) is 7.07. The van der Waals surface area contributed by atoms with E-state index in [-0.39, 0.29) is 12.1 Å². The number of nitrogens with one attached hydrogen (secondary N) is 1. The van der Waals surface area contributed by atoms with E-state index in [0.717, 1.165) is 11.1 Å². The number of furan rings is 1. The predicted octanol–water partition coefficient (Wildman–Crippen LogP) is 3.87. The molecule has 0 radical (unpaired) electrons. The van der Waals surface area contributed by atoms with Gasteiger partial charge in [-0.2, -0.15) is 0 Å². The van der Waals surface area contributed by atoms with E-state index >= 15 is 0 Å². The minimum absolute atomic E-state index is 0.125. The fraction of sp³-hybridized carbons (Fsp3) is 0.312. The van der Waals surface area contributed by atoms with Crippen LogP contribution in [0.1, 0.15) is 17.2 Å². The first-order chi connectivity index (χ1) is 11.1. The van der Waals surface area contributed by atoms with Crippen molar-refractivity contribution in [1.29, 1.82) is 0 Å². The van der Waals surface area contributed by atoms with Crippen LogP contribution in [0.25, 0.3) is 0 Å². The Morgan fingerprint density at radius 2 is 2.17 bits per heavy atom. The molecule has 1 saturated heterocycles. The molecule has 0 bridgehead atoms. The maximum atomic E-state index is 12.3. The average Bonchev–Trinajstić information content (AvgIpc) is 3.09. The summed E-state index contributed by atoms with van der Waals surface area (Å²) >= 11 is 12.0. The number of urea groups is 1. The molecule has 3 rings (SSSR count). The van der Waals surface area contributed by atoms with Gasteiger partial charge in [0, 0.05) is 18.7 Å². The lowest BCUT2D eigenvalue weighted by molar-refractivity contribution is -0.0154. The maximum absolute atomic E-state index is 12.3. The molecule has 1 aromatic heterocycles. The number of hydrogen-bond acceptors (Lipinski definition) is 3. The van der Waals surface area contributed by atoms with Gasteiger partial charge < -0.3 is 19.4 Å². The number of ether oxygens (including phenoxy) is 1. The predicted molar refractivity (Wildman–Crippen MR) is 87.7 cm³/mol. The van der Waals surface area contributed by atoms with E-state index in [1.807, 2.05) is 12.1 Å². The van der Waals surface area contributed by atoms with Gasteiger partial charge >= 0.3 is 6.03 Å². The zero-order valence-corrected chi connectivity index (χ0v) is 13.8. The number of rotatable bonds is 3. The van der Waals surface area contributed by atoms with Crippen LogP contribution in [0.4, 0.5) is 4.79 Å². The number of carbonyl (C=O) groups is 1. The van der Waals surface area contributed by atoms with E-state index in [4.69, 9.17) is 32.4 Å². The van der Waals surface area contributed by atoms with E-state index < -0.39 is 0 Å². The van der Waals surface area contributed by atoms with E-state index in [1.54, 1.807) is 29.6 Å². The van der Waals surface area contributed by atoms with Crippen LogP contribution in [-0.4, -0.2) is 30.6 Å². The number of morpholine rings is 1. The van der Waals surface area contributed by atoms with Gasteiger partial charge in [-0.1, -0.05) is 29.3 Å². The van der Waals surface area contributed by atoms with E-state index in [1.165, 1.54) is 0 Å². The third-order valence-corrected chi connectivity index (χ3v) is 4.43. The number of halogens is 2. The third-order valence-electron chi connectivity index (χ3n) is 3.69. The van der Waals surface area contributed by atoms with E-state index in [9.17, 15) is 4.79 Å². The van der Waals surface area contributed by atoms with Crippen molar-refractivity contribution in [3.8, 4) is 0 Å². The number of amides is 2. The number of hydrogen-bond donors (Lipinski definition) is 1. The summed E-state index contributed by atoms with van der Waals surface area (Å²) in [7, 11) is 0. The Labute approximate surface area is 144 Å². The second-order valence-electron chi connectivity index (χ2n) is 5.27. The molecule has 0 saturated carbocycles. The molecule has 23 heavy (non-hydrogen) atoms. The zero-order chi connectivity index (χ0) is 16.2. The van der Waals surface area contributed by atoms with Crippen LogP contribution in [0.5, 0.6) is 0 Å². The van der Waals surface area contributed by atoms with Gasteiger partial charge in [0.15, 0.2) is 0 Å². The quantitative estimate of drug-likeness (QED) is 0.909. The fourth-order valence-electron chi connectivity index (χ4n) is 2.43. The van der Waals surface area contributed by atoms with Crippen LogP contribution in [-0.2, 0) is 11.3 Å². The molecule has 1 aliphatic rings. The molecule has 122 valence electrons. The van der Waals surface area contributed by atoms with Crippen molar-refractivity contribution < 1.29 is 13.9 Å². The highest BCUT2D eigenvalue weighted by Gasteiger charge is 2.25. The minimum Gasteiger partial charge on any atom is -0.472 e. The van der Waals surface area contributed by atoms with Crippen LogP contribution in [0.2, 0.25) is 10.0 Å². The molecule has 1 aliphatic heterocycles. The fourth-order valence-corrected chi connectivity index (χ4v) is 2.74. The van der Waals surface area contributed by atoms with Crippen molar-refractivity contribution in [3.05, 3.63) is 58.0 Å².